The number of fused-ring (bicyclic) bond motifs is 1. The molecule has 5 nitrogen and oxygen atoms in total. The Kier molecular flexibility index (Phi) is 6.79. The van der Waals surface area contributed by atoms with Crippen LogP contribution in [0.2, 0.25) is 0 Å². The summed E-state index contributed by atoms with van der Waals surface area (Å²) in [7, 11) is 0. The van der Waals surface area contributed by atoms with E-state index in [9.17, 15) is 4.79 Å². The normalized spacial score (nSPS) is 10.7. The number of hydrogen-bond acceptors (Lipinski definition) is 5. The standard InChI is InChI=1S/C25H24N2O3S/c1-2-29-23-12-6-5-11-21(23)25-27-19(17-31-25)16-24(28)26-14-15-30-22-13-7-9-18-8-3-4-10-20(18)22/h3-13,17H,2,14-16H2,1H3,(H,26,28). The van der Waals surface area contributed by atoms with E-state index in [1.165, 1.54) is 11.3 Å². The molecule has 0 aliphatic heterocycles. The smallest absolute Gasteiger partial charge is 0.226 e. The number of thiazole rings is 1. The van der Waals surface area contributed by atoms with Crippen molar-refractivity contribution in [3.05, 3.63) is 77.8 Å². The van der Waals surface area contributed by atoms with E-state index in [1.54, 1.807) is 0 Å². The first-order chi connectivity index (χ1) is 15.2. The molecule has 0 aliphatic carbocycles. The molecule has 0 aliphatic rings. The number of amides is 1. The zero-order valence-electron chi connectivity index (χ0n) is 17.3. The van der Waals surface area contributed by atoms with Gasteiger partial charge in [-0.1, -0.05) is 48.5 Å². The summed E-state index contributed by atoms with van der Waals surface area (Å²) in [5.74, 6) is 1.56. The second-order valence-corrected chi connectivity index (χ2v) is 7.78. The van der Waals surface area contributed by atoms with E-state index in [4.69, 9.17) is 9.47 Å². The fraction of sp³-hybridized carbons (Fsp3) is 0.200. The number of aromatic nitrogens is 1. The SMILES string of the molecule is CCOc1ccccc1-c1nc(CC(=O)NCCOc2cccc3ccccc23)cs1. The lowest BCUT2D eigenvalue weighted by Gasteiger charge is -2.10. The lowest BCUT2D eigenvalue weighted by molar-refractivity contribution is -0.120. The number of carbonyl (C=O) groups excluding carboxylic acids is 1. The number of benzene rings is 3. The molecule has 0 spiro atoms. The van der Waals surface area contributed by atoms with Crippen molar-refractivity contribution in [3.8, 4) is 22.1 Å². The summed E-state index contributed by atoms with van der Waals surface area (Å²) in [6.45, 7) is 3.40. The van der Waals surface area contributed by atoms with Gasteiger partial charge < -0.3 is 14.8 Å². The first kappa shape index (κ1) is 20.9. The van der Waals surface area contributed by atoms with E-state index >= 15 is 0 Å². The molecule has 6 heteroatoms. The Labute approximate surface area is 185 Å². The van der Waals surface area contributed by atoms with E-state index in [0.29, 0.717) is 19.8 Å². The molecule has 0 unspecified atom stereocenters. The average Bonchev–Trinajstić information content (AvgIpc) is 3.25. The molecular formula is C25H24N2O3S. The molecule has 0 radical (unpaired) electrons. The van der Waals surface area contributed by atoms with Gasteiger partial charge in [0.2, 0.25) is 5.91 Å². The molecule has 3 aromatic carbocycles. The molecule has 1 aromatic heterocycles. The highest BCUT2D eigenvalue weighted by Crippen LogP contribution is 2.32. The minimum Gasteiger partial charge on any atom is -0.493 e. The van der Waals surface area contributed by atoms with Crippen LogP contribution in [0, 0.1) is 0 Å². The summed E-state index contributed by atoms with van der Waals surface area (Å²) in [6, 6.07) is 21.9. The zero-order valence-corrected chi connectivity index (χ0v) is 18.2. The molecule has 31 heavy (non-hydrogen) atoms. The summed E-state index contributed by atoms with van der Waals surface area (Å²) in [5.41, 5.74) is 1.70. The van der Waals surface area contributed by atoms with Crippen LogP contribution in [0.4, 0.5) is 0 Å². The molecule has 0 atom stereocenters. The maximum absolute atomic E-state index is 12.3. The maximum Gasteiger partial charge on any atom is 0.226 e. The van der Waals surface area contributed by atoms with Crippen LogP contribution in [-0.4, -0.2) is 30.6 Å². The Morgan fingerprint density at radius 1 is 0.968 bits per heavy atom. The first-order valence-corrected chi connectivity index (χ1v) is 11.2. The second kappa shape index (κ2) is 10.1. The monoisotopic (exact) mass is 432 g/mol. The van der Waals surface area contributed by atoms with Gasteiger partial charge >= 0.3 is 0 Å². The molecule has 158 valence electrons. The lowest BCUT2D eigenvalue weighted by Crippen LogP contribution is -2.29. The largest absolute Gasteiger partial charge is 0.493 e. The number of rotatable bonds is 9. The van der Waals surface area contributed by atoms with Gasteiger partial charge in [0.05, 0.1) is 30.8 Å². The van der Waals surface area contributed by atoms with E-state index in [0.717, 1.165) is 38.5 Å². The van der Waals surface area contributed by atoms with Crippen LogP contribution in [0.5, 0.6) is 11.5 Å². The van der Waals surface area contributed by atoms with Gasteiger partial charge in [-0.25, -0.2) is 4.98 Å². The molecule has 0 saturated heterocycles. The summed E-state index contributed by atoms with van der Waals surface area (Å²) in [4.78, 5) is 16.9. The highest BCUT2D eigenvalue weighted by atomic mass is 32.1. The number of ether oxygens (including phenoxy) is 2. The van der Waals surface area contributed by atoms with Crippen molar-refractivity contribution in [2.24, 2.45) is 0 Å². The lowest BCUT2D eigenvalue weighted by atomic mass is 10.1. The first-order valence-electron chi connectivity index (χ1n) is 10.3. The van der Waals surface area contributed by atoms with Crippen molar-refractivity contribution in [1.82, 2.24) is 10.3 Å². The van der Waals surface area contributed by atoms with Crippen LogP contribution >= 0.6 is 11.3 Å². The Bertz CT molecular complexity index is 1170. The summed E-state index contributed by atoms with van der Waals surface area (Å²) >= 11 is 1.52. The van der Waals surface area contributed by atoms with Crippen LogP contribution < -0.4 is 14.8 Å². The van der Waals surface area contributed by atoms with Gasteiger partial charge in [-0.3, -0.25) is 4.79 Å². The number of para-hydroxylation sites is 1. The van der Waals surface area contributed by atoms with Crippen LogP contribution in [0.25, 0.3) is 21.3 Å². The van der Waals surface area contributed by atoms with Gasteiger partial charge in [-0.15, -0.1) is 11.3 Å². The zero-order chi connectivity index (χ0) is 21.5. The Hall–Kier alpha value is -3.38. The van der Waals surface area contributed by atoms with Crippen molar-refractivity contribution in [2.75, 3.05) is 19.8 Å². The highest BCUT2D eigenvalue weighted by molar-refractivity contribution is 7.13. The Morgan fingerprint density at radius 3 is 2.65 bits per heavy atom. The molecule has 4 aromatic rings. The Balaban J connectivity index is 1.29. The van der Waals surface area contributed by atoms with E-state index < -0.39 is 0 Å². The average molecular weight is 433 g/mol. The highest BCUT2D eigenvalue weighted by Gasteiger charge is 2.12. The third-order valence-corrected chi connectivity index (χ3v) is 5.67. The number of hydrogen-bond donors (Lipinski definition) is 1. The van der Waals surface area contributed by atoms with Gasteiger partial charge in [0.25, 0.3) is 0 Å². The van der Waals surface area contributed by atoms with Gasteiger partial charge in [0, 0.05) is 10.8 Å². The van der Waals surface area contributed by atoms with Crippen LogP contribution in [0.3, 0.4) is 0 Å². The number of carbonyl (C=O) groups is 1. The maximum atomic E-state index is 12.3. The molecule has 0 saturated carbocycles. The van der Waals surface area contributed by atoms with Gasteiger partial charge in [0.15, 0.2) is 0 Å². The molecule has 0 bridgehead atoms. The van der Waals surface area contributed by atoms with Crippen molar-refractivity contribution in [1.29, 1.82) is 0 Å². The topological polar surface area (TPSA) is 60.5 Å². The van der Waals surface area contributed by atoms with Crippen LogP contribution in [-0.2, 0) is 11.2 Å². The van der Waals surface area contributed by atoms with Crippen molar-refractivity contribution in [2.45, 2.75) is 13.3 Å². The molecule has 1 amide bonds. The van der Waals surface area contributed by atoms with E-state index in [-0.39, 0.29) is 12.3 Å². The molecular weight excluding hydrogens is 408 g/mol. The van der Waals surface area contributed by atoms with Crippen LogP contribution in [0.15, 0.2) is 72.1 Å². The predicted molar refractivity (Wildman–Crippen MR) is 125 cm³/mol. The minimum atomic E-state index is -0.0727. The molecule has 1 heterocycles. The summed E-state index contributed by atoms with van der Waals surface area (Å²) < 4.78 is 11.6. The summed E-state index contributed by atoms with van der Waals surface area (Å²) in [6.07, 6.45) is 0.238. The predicted octanol–water partition coefficient (Wildman–Crippen LogP) is 5.10. The van der Waals surface area contributed by atoms with E-state index in [2.05, 4.69) is 22.4 Å². The van der Waals surface area contributed by atoms with Crippen LogP contribution in [0.1, 0.15) is 12.6 Å². The van der Waals surface area contributed by atoms with Crippen molar-refractivity contribution < 1.29 is 14.3 Å². The second-order valence-electron chi connectivity index (χ2n) is 6.93. The van der Waals surface area contributed by atoms with Crippen molar-refractivity contribution >= 4 is 28.0 Å². The Morgan fingerprint density at radius 2 is 1.74 bits per heavy atom. The molecule has 1 N–H and O–H groups in total. The van der Waals surface area contributed by atoms with Gasteiger partial charge in [0.1, 0.15) is 23.1 Å². The quantitative estimate of drug-likeness (QED) is 0.374. The summed E-state index contributed by atoms with van der Waals surface area (Å²) in [5, 5.41) is 7.88. The molecule has 0 fully saturated rings. The number of nitrogens with one attached hydrogen (secondary N) is 1. The van der Waals surface area contributed by atoms with E-state index in [1.807, 2.05) is 66.9 Å². The van der Waals surface area contributed by atoms with Crippen molar-refractivity contribution in [3.63, 3.8) is 0 Å². The van der Waals surface area contributed by atoms with Gasteiger partial charge in [-0.2, -0.15) is 0 Å². The minimum absolute atomic E-state index is 0.0727. The third-order valence-electron chi connectivity index (χ3n) is 4.74. The molecule has 4 rings (SSSR count). The fourth-order valence-electron chi connectivity index (χ4n) is 3.34. The number of nitrogens with zero attached hydrogens (tertiary/aromatic N) is 1. The third kappa shape index (κ3) is 5.22. The van der Waals surface area contributed by atoms with Gasteiger partial charge in [-0.05, 0) is 30.5 Å². The fourth-order valence-corrected chi connectivity index (χ4v) is 4.19.